The van der Waals surface area contributed by atoms with Gasteiger partial charge in [0.25, 0.3) is 0 Å². The third kappa shape index (κ3) is 4.70. The second kappa shape index (κ2) is 8.63. The molecule has 2 saturated heterocycles. The molecular weight excluding hydrogens is 302 g/mol. The van der Waals surface area contributed by atoms with Crippen LogP contribution >= 0.6 is 0 Å². The summed E-state index contributed by atoms with van der Waals surface area (Å²) in [4.78, 5) is 19.7. The summed E-state index contributed by atoms with van der Waals surface area (Å²) in [6.45, 7) is 11.6. The van der Waals surface area contributed by atoms with Crippen LogP contribution in [0.3, 0.4) is 0 Å². The number of carbonyl (C=O) groups excluding carboxylic acids is 1. The van der Waals surface area contributed by atoms with E-state index in [1.54, 1.807) is 0 Å². The van der Waals surface area contributed by atoms with Crippen LogP contribution in [0.25, 0.3) is 0 Å². The van der Waals surface area contributed by atoms with Crippen molar-refractivity contribution in [2.75, 3.05) is 66.1 Å². The van der Waals surface area contributed by atoms with Gasteiger partial charge in [0.1, 0.15) is 0 Å². The smallest absolute Gasteiger partial charge is 0.225 e. The highest BCUT2D eigenvalue weighted by Crippen LogP contribution is 2.32. The molecule has 2 heterocycles. The predicted molar refractivity (Wildman–Crippen MR) is 95.9 cm³/mol. The normalized spacial score (nSPS) is 30.3. The van der Waals surface area contributed by atoms with Gasteiger partial charge in [0.05, 0.1) is 0 Å². The molecule has 0 aromatic rings. The third-order valence-corrected chi connectivity index (χ3v) is 6.13. The molecule has 0 aromatic heterocycles. The summed E-state index contributed by atoms with van der Waals surface area (Å²) < 4.78 is 5.54. The molecule has 5 nitrogen and oxygen atoms in total. The van der Waals surface area contributed by atoms with E-state index in [0.717, 1.165) is 52.0 Å². The summed E-state index contributed by atoms with van der Waals surface area (Å²) in [5, 5.41) is 0. The molecule has 3 aliphatic rings. The molecule has 24 heavy (non-hydrogen) atoms. The number of hydrogen-bond acceptors (Lipinski definition) is 4. The molecule has 138 valence electrons. The van der Waals surface area contributed by atoms with Gasteiger partial charge in [0, 0.05) is 70.9 Å². The third-order valence-electron chi connectivity index (χ3n) is 6.13. The van der Waals surface area contributed by atoms with E-state index in [9.17, 15) is 4.79 Å². The van der Waals surface area contributed by atoms with Crippen LogP contribution in [0.1, 0.15) is 32.6 Å². The molecule has 3 rings (SSSR count). The summed E-state index contributed by atoms with van der Waals surface area (Å²) in [7, 11) is 2.20. The number of nitrogens with zero attached hydrogens (tertiary/aromatic N) is 3. The molecule has 0 atom stereocenters. The quantitative estimate of drug-likeness (QED) is 0.737. The Morgan fingerprint density at radius 3 is 2.29 bits per heavy atom. The molecule has 3 fully saturated rings. The van der Waals surface area contributed by atoms with E-state index < -0.39 is 0 Å². The van der Waals surface area contributed by atoms with Crippen molar-refractivity contribution >= 4 is 5.91 Å². The van der Waals surface area contributed by atoms with Crippen molar-refractivity contribution in [2.24, 2.45) is 17.8 Å². The Kier molecular flexibility index (Phi) is 6.53. The molecule has 0 unspecified atom stereocenters. The molecule has 1 amide bonds. The van der Waals surface area contributed by atoms with Gasteiger partial charge >= 0.3 is 0 Å². The number of likely N-dealkylation sites (tertiary alicyclic amines) is 1. The highest BCUT2D eigenvalue weighted by atomic mass is 16.5. The molecule has 2 aliphatic heterocycles. The lowest BCUT2D eigenvalue weighted by atomic mass is 9.81. The summed E-state index contributed by atoms with van der Waals surface area (Å²) in [5.41, 5.74) is 0. The first-order chi connectivity index (χ1) is 11.7. The average molecular weight is 338 g/mol. The van der Waals surface area contributed by atoms with E-state index in [4.69, 9.17) is 4.74 Å². The summed E-state index contributed by atoms with van der Waals surface area (Å²) in [6, 6.07) is 0. The Labute approximate surface area is 147 Å². The Morgan fingerprint density at radius 1 is 1.00 bits per heavy atom. The minimum absolute atomic E-state index is 0.285. The van der Waals surface area contributed by atoms with Crippen LogP contribution in [0.15, 0.2) is 0 Å². The standard InChI is InChI=1S/C19H35N3O2/c1-3-24-15-16-4-6-18(7-5-16)19(23)22-13-17(14-22)12-21-10-8-20(2)9-11-21/h16-18H,3-15H2,1-2H3. The SMILES string of the molecule is CCOCC1CCC(C(=O)N2CC(CN3CCN(C)CC3)C2)CC1. The molecule has 5 heteroatoms. The minimum Gasteiger partial charge on any atom is -0.381 e. The van der Waals surface area contributed by atoms with Crippen LogP contribution in [0.4, 0.5) is 0 Å². The molecule has 0 spiro atoms. The second-order valence-electron chi connectivity index (χ2n) is 8.09. The Balaban J connectivity index is 1.32. The van der Waals surface area contributed by atoms with Gasteiger partial charge in [-0.3, -0.25) is 4.79 Å². The fourth-order valence-electron chi connectivity index (χ4n) is 4.38. The maximum absolute atomic E-state index is 12.7. The minimum atomic E-state index is 0.285. The maximum atomic E-state index is 12.7. The molecular formula is C19H35N3O2. The van der Waals surface area contributed by atoms with Gasteiger partial charge in [-0.15, -0.1) is 0 Å². The number of amides is 1. The van der Waals surface area contributed by atoms with Crippen molar-refractivity contribution in [3.63, 3.8) is 0 Å². The average Bonchev–Trinajstić information content (AvgIpc) is 2.57. The van der Waals surface area contributed by atoms with E-state index in [1.807, 2.05) is 0 Å². The maximum Gasteiger partial charge on any atom is 0.225 e. The van der Waals surface area contributed by atoms with Crippen LogP contribution < -0.4 is 0 Å². The highest BCUT2D eigenvalue weighted by Gasteiger charge is 2.36. The lowest BCUT2D eigenvalue weighted by Crippen LogP contribution is -2.57. The number of carbonyl (C=O) groups is 1. The number of hydrogen-bond donors (Lipinski definition) is 0. The van der Waals surface area contributed by atoms with Crippen LogP contribution in [0, 0.1) is 17.8 Å². The summed E-state index contributed by atoms with van der Waals surface area (Å²) in [5.74, 6) is 2.09. The zero-order chi connectivity index (χ0) is 16.9. The largest absolute Gasteiger partial charge is 0.381 e. The van der Waals surface area contributed by atoms with E-state index in [-0.39, 0.29) is 5.92 Å². The zero-order valence-corrected chi connectivity index (χ0v) is 15.6. The molecule has 0 radical (unpaired) electrons. The van der Waals surface area contributed by atoms with Crippen LogP contribution in [0.2, 0.25) is 0 Å². The van der Waals surface area contributed by atoms with Gasteiger partial charge in [-0.2, -0.15) is 0 Å². The van der Waals surface area contributed by atoms with Gasteiger partial charge < -0.3 is 19.4 Å². The zero-order valence-electron chi connectivity index (χ0n) is 15.6. The Hall–Kier alpha value is -0.650. The first kappa shape index (κ1) is 18.2. The molecule has 1 aliphatic carbocycles. The van der Waals surface area contributed by atoms with Crippen LogP contribution in [0.5, 0.6) is 0 Å². The number of piperazine rings is 1. The van der Waals surface area contributed by atoms with Crippen molar-refractivity contribution in [3.05, 3.63) is 0 Å². The number of ether oxygens (including phenoxy) is 1. The van der Waals surface area contributed by atoms with Gasteiger partial charge in [-0.1, -0.05) is 0 Å². The summed E-state index contributed by atoms with van der Waals surface area (Å²) >= 11 is 0. The monoisotopic (exact) mass is 337 g/mol. The first-order valence-electron chi connectivity index (χ1n) is 9.93. The van der Waals surface area contributed by atoms with Crippen molar-refractivity contribution < 1.29 is 9.53 Å². The molecule has 0 bridgehead atoms. The Morgan fingerprint density at radius 2 is 1.67 bits per heavy atom. The Bertz CT molecular complexity index is 395. The van der Waals surface area contributed by atoms with E-state index in [1.165, 1.54) is 32.7 Å². The lowest BCUT2D eigenvalue weighted by molar-refractivity contribution is -0.144. The van der Waals surface area contributed by atoms with E-state index in [2.05, 4.69) is 28.7 Å². The van der Waals surface area contributed by atoms with Crippen molar-refractivity contribution in [1.82, 2.24) is 14.7 Å². The highest BCUT2D eigenvalue weighted by molar-refractivity contribution is 5.79. The van der Waals surface area contributed by atoms with Gasteiger partial charge in [0.2, 0.25) is 5.91 Å². The fraction of sp³-hybridized carbons (Fsp3) is 0.947. The van der Waals surface area contributed by atoms with Crippen molar-refractivity contribution in [2.45, 2.75) is 32.6 Å². The van der Waals surface area contributed by atoms with Gasteiger partial charge in [0.15, 0.2) is 0 Å². The van der Waals surface area contributed by atoms with Crippen LogP contribution in [-0.4, -0.2) is 86.7 Å². The molecule has 0 N–H and O–H groups in total. The molecule has 0 aromatic carbocycles. The van der Waals surface area contributed by atoms with Gasteiger partial charge in [-0.05, 0) is 45.6 Å². The summed E-state index contributed by atoms with van der Waals surface area (Å²) in [6.07, 6.45) is 4.45. The van der Waals surface area contributed by atoms with Gasteiger partial charge in [-0.25, -0.2) is 0 Å². The predicted octanol–water partition coefficient (Wildman–Crippen LogP) is 1.54. The van der Waals surface area contributed by atoms with Crippen molar-refractivity contribution in [1.29, 1.82) is 0 Å². The first-order valence-corrected chi connectivity index (χ1v) is 9.93. The number of likely N-dealkylation sites (N-methyl/N-ethyl adjacent to an activating group) is 1. The van der Waals surface area contributed by atoms with Crippen molar-refractivity contribution in [3.8, 4) is 0 Å². The van der Waals surface area contributed by atoms with E-state index >= 15 is 0 Å². The molecule has 1 saturated carbocycles. The van der Waals surface area contributed by atoms with E-state index in [0.29, 0.717) is 17.7 Å². The number of rotatable bonds is 6. The lowest BCUT2D eigenvalue weighted by Gasteiger charge is -2.45. The fourth-order valence-corrected chi connectivity index (χ4v) is 4.38. The topological polar surface area (TPSA) is 36.0 Å². The second-order valence-corrected chi connectivity index (χ2v) is 8.09. The van der Waals surface area contributed by atoms with Crippen LogP contribution in [-0.2, 0) is 9.53 Å².